The van der Waals surface area contributed by atoms with Crippen LogP contribution in [0.25, 0.3) is 16.7 Å². The summed E-state index contributed by atoms with van der Waals surface area (Å²) in [4.78, 5) is 53.5. The van der Waals surface area contributed by atoms with Crippen LogP contribution < -0.4 is 21.5 Å². The van der Waals surface area contributed by atoms with Gasteiger partial charge in [0.1, 0.15) is 6.54 Å². The average Bonchev–Trinajstić information content (AvgIpc) is 3.16. The van der Waals surface area contributed by atoms with Crippen LogP contribution in [0.2, 0.25) is 0 Å². The molecule has 0 saturated heterocycles. The molecule has 0 radical (unpaired) electrons. The van der Waals surface area contributed by atoms with Gasteiger partial charge >= 0.3 is 5.69 Å². The number of likely N-dealkylation sites (N-methyl/N-ethyl adjacent to an activating group) is 1. The van der Waals surface area contributed by atoms with E-state index in [1.807, 2.05) is 32.0 Å². The van der Waals surface area contributed by atoms with Crippen molar-refractivity contribution in [2.45, 2.75) is 33.0 Å². The Kier molecular flexibility index (Phi) is 6.37. The number of amides is 2. The van der Waals surface area contributed by atoms with Gasteiger partial charge in [-0.15, -0.1) is 11.7 Å². The fourth-order valence-corrected chi connectivity index (χ4v) is 3.83. The molecule has 2 aromatic heterocycles. The molecule has 4 rings (SSSR count). The summed E-state index contributed by atoms with van der Waals surface area (Å²) in [6, 6.07) is 13.5. The largest absolute Gasteiger partial charge is 0.352 e. The summed E-state index contributed by atoms with van der Waals surface area (Å²) in [5, 5.41) is 7.36. The highest BCUT2D eigenvalue weighted by Crippen LogP contribution is 2.15. The van der Waals surface area contributed by atoms with E-state index >= 15 is 0 Å². The molecular weight excluding hydrogens is 448 g/mol. The molecule has 0 saturated carbocycles. The summed E-state index contributed by atoms with van der Waals surface area (Å²) < 4.78 is 3.59. The number of nitrogens with one attached hydrogen (secondary N) is 1. The van der Waals surface area contributed by atoms with Crippen molar-refractivity contribution in [1.82, 2.24) is 24.1 Å². The lowest BCUT2D eigenvalue weighted by molar-refractivity contribution is -0.119. The molecule has 35 heavy (non-hydrogen) atoms. The van der Waals surface area contributed by atoms with Crippen LogP contribution in [0.5, 0.6) is 0 Å². The predicted octanol–water partition coefficient (Wildman–Crippen LogP) is 1.80. The second kappa shape index (κ2) is 9.41. The van der Waals surface area contributed by atoms with Crippen LogP contribution >= 0.6 is 0 Å². The van der Waals surface area contributed by atoms with Gasteiger partial charge in [-0.2, -0.15) is 0 Å². The molecule has 0 aliphatic heterocycles. The third-order valence-corrected chi connectivity index (χ3v) is 5.57. The van der Waals surface area contributed by atoms with Gasteiger partial charge in [0.05, 0.1) is 10.9 Å². The van der Waals surface area contributed by atoms with Crippen LogP contribution in [-0.2, 0) is 17.9 Å². The van der Waals surface area contributed by atoms with Gasteiger partial charge in [0, 0.05) is 30.9 Å². The van der Waals surface area contributed by atoms with E-state index in [-0.39, 0.29) is 53.2 Å². The zero-order chi connectivity index (χ0) is 25.3. The molecule has 0 atom stereocenters. The number of allylic oxidation sites excluding steroid dienone is 1. The van der Waals surface area contributed by atoms with Crippen molar-refractivity contribution >= 4 is 34.2 Å². The van der Waals surface area contributed by atoms with E-state index in [1.165, 1.54) is 32.1 Å². The molecule has 2 amide bonds. The molecule has 0 aliphatic carbocycles. The Labute approximate surface area is 200 Å². The van der Waals surface area contributed by atoms with Gasteiger partial charge in [-0.05, 0) is 44.2 Å². The summed E-state index contributed by atoms with van der Waals surface area (Å²) in [7, 11) is 1.61. The van der Waals surface area contributed by atoms with Gasteiger partial charge in [-0.1, -0.05) is 24.3 Å². The third-order valence-electron chi connectivity index (χ3n) is 5.57. The third kappa shape index (κ3) is 4.37. The molecule has 4 aromatic rings. The fourth-order valence-electron chi connectivity index (χ4n) is 3.83. The van der Waals surface area contributed by atoms with Crippen LogP contribution in [0.15, 0.2) is 70.8 Å². The van der Waals surface area contributed by atoms with Crippen molar-refractivity contribution in [2.75, 3.05) is 11.9 Å². The van der Waals surface area contributed by atoms with E-state index in [0.29, 0.717) is 11.3 Å². The van der Waals surface area contributed by atoms with Gasteiger partial charge in [-0.3, -0.25) is 19.0 Å². The minimum atomic E-state index is -0.598. The first-order chi connectivity index (χ1) is 16.7. The number of hydrogen-bond donors (Lipinski definition) is 1. The first-order valence-corrected chi connectivity index (χ1v) is 11.1. The highest BCUT2D eigenvalue weighted by Gasteiger charge is 2.21. The van der Waals surface area contributed by atoms with Crippen molar-refractivity contribution in [3.05, 3.63) is 87.6 Å². The lowest BCUT2D eigenvalue weighted by Gasteiger charge is -2.16. The number of carbonyl (C=O) groups is 2. The van der Waals surface area contributed by atoms with Gasteiger partial charge in [0.15, 0.2) is 0 Å². The summed E-state index contributed by atoms with van der Waals surface area (Å²) in [5.41, 5.74) is 0.228. The number of carbonyl (C=O) groups excluding carboxylic acids is 2. The number of aromatic nitrogens is 4. The maximum absolute atomic E-state index is 13.4. The lowest BCUT2D eigenvalue weighted by Crippen LogP contribution is -2.34. The molecule has 10 nitrogen and oxygen atoms in total. The fraction of sp³-hybridized carbons (Fsp3) is 0.240. The second-order valence-electron chi connectivity index (χ2n) is 8.43. The van der Waals surface area contributed by atoms with E-state index in [9.17, 15) is 19.2 Å². The number of rotatable bonds is 7. The van der Waals surface area contributed by atoms with Crippen molar-refractivity contribution in [2.24, 2.45) is 0 Å². The van der Waals surface area contributed by atoms with E-state index < -0.39 is 5.69 Å². The lowest BCUT2D eigenvalue weighted by atomic mass is 10.1. The number of anilines is 1. The SMILES string of the molecule is C=CCn1c(=O)c2ccc(C(=O)NC(C)C)cc2n2c(=O)n(CC(=O)N(C)c3ccccc3)nc12. The molecule has 0 unspecified atom stereocenters. The molecule has 0 aliphatic rings. The van der Waals surface area contributed by atoms with E-state index in [2.05, 4.69) is 17.0 Å². The van der Waals surface area contributed by atoms with E-state index in [0.717, 1.165) is 4.68 Å². The molecule has 10 heteroatoms. The molecule has 2 aromatic carbocycles. The zero-order valence-electron chi connectivity index (χ0n) is 19.8. The molecule has 0 bridgehead atoms. The van der Waals surface area contributed by atoms with Gasteiger partial charge in [-0.25, -0.2) is 13.9 Å². The number of benzene rings is 2. The second-order valence-corrected chi connectivity index (χ2v) is 8.43. The molecule has 2 heterocycles. The molecule has 1 N–H and O–H groups in total. The zero-order valence-corrected chi connectivity index (χ0v) is 19.8. The van der Waals surface area contributed by atoms with Crippen LogP contribution in [0.3, 0.4) is 0 Å². The predicted molar refractivity (Wildman–Crippen MR) is 134 cm³/mol. The Hall–Kier alpha value is -4.47. The quantitative estimate of drug-likeness (QED) is 0.411. The maximum Gasteiger partial charge on any atom is 0.352 e. The monoisotopic (exact) mass is 474 g/mol. The number of hydrogen-bond acceptors (Lipinski definition) is 5. The maximum atomic E-state index is 13.4. The van der Waals surface area contributed by atoms with Gasteiger partial charge < -0.3 is 10.2 Å². The van der Waals surface area contributed by atoms with Crippen LogP contribution in [0.1, 0.15) is 24.2 Å². The standard InChI is InChI=1S/C25H26N6O4/c1-5-13-29-23(34)19-12-11-17(22(33)26-16(2)3)14-20(19)31-24(29)27-30(25(31)35)15-21(32)28(4)18-9-7-6-8-10-18/h5-12,14,16H,1,13,15H2,2-4H3,(H,26,33). The highest BCUT2D eigenvalue weighted by atomic mass is 16.2. The van der Waals surface area contributed by atoms with Crippen molar-refractivity contribution in [3.8, 4) is 0 Å². The number of para-hydroxylation sites is 1. The van der Waals surface area contributed by atoms with Gasteiger partial charge in [0.2, 0.25) is 11.7 Å². The summed E-state index contributed by atoms with van der Waals surface area (Å²) in [5.74, 6) is -0.630. The molecule has 0 fully saturated rings. The normalized spacial score (nSPS) is 11.2. The minimum absolute atomic E-state index is 0.0592. The minimum Gasteiger partial charge on any atom is -0.350 e. The molecular formula is C25H26N6O4. The Balaban J connectivity index is 1.88. The van der Waals surface area contributed by atoms with Crippen LogP contribution in [0, 0.1) is 0 Å². The number of fused-ring (bicyclic) bond motifs is 3. The molecule has 0 spiro atoms. The number of nitrogens with zero attached hydrogens (tertiary/aromatic N) is 5. The highest BCUT2D eigenvalue weighted by molar-refractivity contribution is 5.98. The van der Waals surface area contributed by atoms with Crippen LogP contribution in [0.4, 0.5) is 5.69 Å². The topological polar surface area (TPSA) is 111 Å². The molecule has 180 valence electrons. The first kappa shape index (κ1) is 23.7. The van der Waals surface area contributed by atoms with Crippen molar-refractivity contribution < 1.29 is 9.59 Å². The summed E-state index contributed by atoms with van der Waals surface area (Å²) in [6.07, 6.45) is 1.52. The van der Waals surface area contributed by atoms with Crippen molar-refractivity contribution in [1.29, 1.82) is 0 Å². The Morgan fingerprint density at radius 3 is 2.51 bits per heavy atom. The van der Waals surface area contributed by atoms with Crippen molar-refractivity contribution in [3.63, 3.8) is 0 Å². The Bertz CT molecular complexity index is 1560. The van der Waals surface area contributed by atoms with Gasteiger partial charge in [0.25, 0.3) is 11.5 Å². The first-order valence-electron chi connectivity index (χ1n) is 11.1. The Morgan fingerprint density at radius 1 is 1.14 bits per heavy atom. The summed E-state index contributed by atoms with van der Waals surface area (Å²) in [6.45, 7) is 7.14. The van der Waals surface area contributed by atoms with E-state index in [1.54, 1.807) is 25.2 Å². The van der Waals surface area contributed by atoms with Crippen LogP contribution in [-0.4, -0.2) is 43.7 Å². The average molecular weight is 475 g/mol. The smallest absolute Gasteiger partial charge is 0.350 e. The van der Waals surface area contributed by atoms with E-state index in [4.69, 9.17) is 0 Å². The summed E-state index contributed by atoms with van der Waals surface area (Å²) >= 11 is 0. The Morgan fingerprint density at radius 2 is 1.86 bits per heavy atom.